The third kappa shape index (κ3) is 1.48. The van der Waals surface area contributed by atoms with Gasteiger partial charge in [-0.1, -0.05) is 0 Å². The second-order valence-corrected chi connectivity index (χ2v) is 2.71. The van der Waals surface area contributed by atoms with Crippen LogP contribution >= 0.6 is 0 Å². The van der Waals surface area contributed by atoms with Crippen LogP contribution in [0.1, 0.15) is 6.42 Å². The zero-order chi connectivity index (χ0) is 8.59. The number of aliphatic carboxylic acids is 2. The molecule has 1 saturated carbocycles. The number of carboxylic acids is 2. The summed E-state index contributed by atoms with van der Waals surface area (Å²) in [5, 5.41) is 16.8. The summed E-state index contributed by atoms with van der Waals surface area (Å²) in [6, 6.07) is -1.02. The van der Waals surface area contributed by atoms with Crippen molar-refractivity contribution in [3.63, 3.8) is 0 Å². The predicted octanol–water partition coefficient (Wildman–Crippen LogP) is -0.881. The molecule has 0 saturated heterocycles. The fourth-order valence-electron chi connectivity index (χ4n) is 1.08. The average molecular weight is 159 g/mol. The van der Waals surface area contributed by atoms with E-state index in [1.807, 2.05) is 0 Å². The second-order valence-electron chi connectivity index (χ2n) is 2.71. The molecular formula is C6H9NO4. The monoisotopic (exact) mass is 159 g/mol. The highest BCUT2D eigenvalue weighted by atomic mass is 16.4. The Kier molecular flexibility index (Phi) is 1.82. The molecule has 0 spiro atoms. The summed E-state index contributed by atoms with van der Waals surface area (Å²) in [6.45, 7) is 0. The maximum absolute atomic E-state index is 10.3. The van der Waals surface area contributed by atoms with Crippen LogP contribution in [-0.4, -0.2) is 28.2 Å². The van der Waals surface area contributed by atoms with Crippen molar-refractivity contribution in [3.05, 3.63) is 0 Å². The summed E-state index contributed by atoms with van der Waals surface area (Å²) in [5.41, 5.74) is 5.19. The summed E-state index contributed by atoms with van der Waals surface area (Å²) < 4.78 is 0. The maximum Gasteiger partial charge on any atom is 0.320 e. The van der Waals surface area contributed by atoms with E-state index in [0.717, 1.165) is 0 Å². The van der Waals surface area contributed by atoms with Crippen LogP contribution in [0.4, 0.5) is 0 Å². The smallest absolute Gasteiger partial charge is 0.320 e. The molecule has 1 fully saturated rings. The minimum absolute atomic E-state index is 0.370. The van der Waals surface area contributed by atoms with Gasteiger partial charge >= 0.3 is 11.9 Å². The molecule has 0 aliphatic heterocycles. The second kappa shape index (κ2) is 2.50. The first kappa shape index (κ1) is 8.00. The van der Waals surface area contributed by atoms with Gasteiger partial charge in [-0.15, -0.1) is 0 Å². The maximum atomic E-state index is 10.3. The molecule has 5 heteroatoms. The van der Waals surface area contributed by atoms with E-state index < -0.39 is 23.9 Å². The van der Waals surface area contributed by atoms with E-state index in [9.17, 15) is 9.59 Å². The van der Waals surface area contributed by atoms with Gasteiger partial charge in [-0.3, -0.25) is 9.59 Å². The van der Waals surface area contributed by atoms with Crippen molar-refractivity contribution in [2.45, 2.75) is 12.5 Å². The van der Waals surface area contributed by atoms with E-state index in [4.69, 9.17) is 15.9 Å². The van der Waals surface area contributed by atoms with Crippen LogP contribution < -0.4 is 5.73 Å². The Labute approximate surface area is 62.8 Å². The van der Waals surface area contributed by atoms with Gasteiger partial charge in [-0.05, 0) is 12.3 Å². The number of nitrogens with two attached hydrogens (primary N) is 1. The molecule has 62 valence electrons. The van der Waals surface area contributed by atoms with Crippen LogP contribution in [-0.2, 0) is 9.59 Å². The third-order valence-electron chi connectivity index (χ3n) is 1.90. The Hall–Kier alpha value is -1.10. The Morgan fingerprint density at radius 2 is 2.00 bits per heavy atom. The highest BCUT2D eigenvalue weighted by Crippen LogP contribution is 2.40. The first-order chi connectivity index (χ1) is 5.04. The zero-order valence-electron chi connectivity index (χ0n) is 5.73. The van der Waals surface area contributed by atoms with E-state index >= 15 is 0 Å². The number of hydrogen-bond donors (Lipinski definition) is 3. The lowest BCUT2D eigenvalue weighted by Gasteiger charge is -2.01. The van der Waals surface area contributed by atoms with Crippen LogP contribution in [0.2, 0.25) is 0 Å². The molecule has 4 N–H and O–H groups in total. The van der Waals surface area contributed by atoms with Gasteiger partial charge in [-0.2, -0.15) is 0 Å². The van der Waals surface area contributed by atoms with Crippen molar-refractivity contribution in [2.75, 3.05) is 0 Å². The summed E-state index contributed by atoms with van der Waals surface area (Å²) in [4.78, 5) is 20.5. The van der Waals surface area contributed by atoms with Gasteiger partial charge in [0.15, 0.2) is 0 Å². The highest BCUT2D eigenvalue weighted by Gasteiger charge is 2.49. The molecule has 0 radical (unpaired) electrons. The normalized spacial score (nSPS) is 31.0. The third-order valence-corrected chi connectivity index (χ3v) is 1.90. The van der Waals surface area contributed by atoms with Crippen molar-refractivity contribution < 1.29 is 19.8 Å². The molecule has 3 atom stereocenters. The summed E-state index contributed by atoms with van der Waals surface area (Å²) in [5.74, 6) is -2.99. The minimum Gasteiger partial charge on any atom is -0.481 e. The van der Waals surface area contributed by atoms with Gasteiger partial charge in [0.05, 0.1) is 5.92 Å². The first-order valence-corrected chi connectivity index (χ1v) is 3.25. The zero-order valence-corrected chi connectivity index (χ0v) is 5.73. The average Bonchev–Trinajstić information content (AvgIpc) is 2.63. The van der Waals surface area contributed by atoms with Crippen molar-refractivity contribution in [2.24, 2.45) is 17.6 Å². The fraction of sp³-hybridized carbons (Fsp3) is 0.667. The van der Waals surface area contributed by atoms with Gasteiger partial charge in [0.2, 0.25) is 0 Å². The van der Waals surface area contributed by atoms with E-state index in [-0.39, 0.29) is 5.92 Å². The number of rotatable bonds is 3. The van der Waals surface area contributed by atoms with Crippen LogP contribution in [0.15, 0.2) is 0 Å². The molecule has 0 aromatic heterocycles. The quantitative estimate of drug-likeness (QED) is 0.496. The van der Waals surface area contributed by atoms with E-state index in [1.165, 1.54) is 0 Å². The molecule has 0 heterocycles. The van der Waals surface area contributed by atoms with Gasteiger partial charge < -0.3 is 15.9 Å². The van der Waals surface area contributed by atoms with Crippen molar-refractivity contribution in [3.8, 4) is 0 Å². The fourth-order valence-corrected chi connectivity index (χ4v) is 1.08. The van der Waals surface area contributed by atoms with Crippen molar-refractivity contribution in [1.82, 2.24) is 0 Å². The molecule has 1 aliphatic carbocycles. The Morgan fingerprint density at radius 1 is 1.45 bits per heavy atom. The van der Waals surface area contributed by atoms with E-state index in [0.29, 0.717) is 6.42 Å². The topological polar surface area (TPSA) is 101 Å². The van der Waals surface area contributed by atoms with Gasteiger partial charge in [-0.25, -0.2) is 0 Å². The predicted molar refractivity (Wildman–Crippen MR) is 34.8 cm³/mol. The largest absolute Gasteiger partial charge is 0.481 e. The Balaban J connectivity index is 2.43. The van der Waals surface area contributed by atoms with Crippen LogP contribution in [0.25, 0.3) is 0 Å². The highest BCUT2D eigenvalue weighted by molar-refractivity contribution is 5.79. The van der Waals surface area contributed by atoms with E-state index in [1.54, 1.807) is 0 Å². The molecular weight excluding hydrogens is 150 g/mol. The Bertz CT molecular complexity index is 203. The molecule has 1 aliphatic rings. The van der Waals surface area contributed by atoms with Crippen LogP contribution in [0.3, 0.4) is 0 Å². The van der Waals surface area contributed by atoms with Crippen molar-refractivity contribution >= 4 is 11.9 Å². The molecule has 11 heavy (non-hydrogen) atoms. The molecule has 1 rings (SSSR count). The lowest BCUT2D eigenvalue weighted by Crippen LogP contribution is -2.33. The van der Waals surface area contributed by atoms with Crippen molar-refractivity contribution in [1.29, 1.82) is 0 Å². The number of carbonyl (C=O) groups is 2. The van der Waals surface area contributed by atoms with Crippen LogP contribution in [0, 0.1) is 11.8 Å². The molecule has 0 aromatic carbocycles. The number of hydrogen-bond acceptors (Lipinski definition) is 3. The molecule has 0 aromatic rings. The molecule has 0 unspecified atom stereocenters. The van der Waals surface area contributed by atoms with Crippen LogP contribution in [0.5, 0.6) is 0 Å². The standard InChI is InChI=1S/C6H9NO4/c7-4(6(10)11)2-1-3(2)5(8)9/h2-4H,1,7H2,(H,8,9)(H,10,11)/t2-,3-,4+/m0/s1. The minimum atomic E-state index is -1.13. The van der Waals surface area contributed by atoms with E-state index in [2.05, 4.69) is 0 Å². The van der Waals surface area contributed by atoms with Gasteiger partial charge in [0.25, 0.3) is 0 Å². The molecule has 0 amide bonds. The molecule has 0 bridgehead atoms. The summed E-state index contributed by atoms with van der Waals surface area (Å²) >= 11 is 0. The van der Waals surface area contributed by atoms with Gasteiger partial charge in [0.1, 0.15) is 6.04 Å². The lowest BCUT2D eigenvalue weighted by atomic mass is 10.1. The first-order valence-electron chi connectivity index (χ1n) is 3.25. The van der Waals surface area contributed by atoms with Gasteiger partial charge in [0, 0.05) is 0 Å². The lowest BCUT2D eigenvalue weighted by molar-refractivity contribution is -0.140. The SMILES string of the molecule is N[C@@H](C(=O)O)[C@H]1C[C@@H]1C(=O)O. The number of carboxylic acid groups (broad SMARTS) is 2. The summed E-state index contributed by atoms with van der Waals surface area (Å²) in [6.07, 6.45) is 0.392. The summed E-state index contributed by atoms with van der Waals surface area (Å²) in [7, 11) is 0. The molecule has 5 nitrogen and oxygen atoms in total. The Morgan fingerprint density at radius 3 is 2.27 bits per heavy atom.